The number of hydrogen-bond acceptors (Lipinski definition) is 4. The third-order valence-corrected chi connectivity index (χ3v) is 3.95. The Bertz CT molecular complexity index is 327. The van der Waals surface area contributed by atoms with E-state index in [1.807, 2.05) is 11.8 Å². The first-order valence-electron chi connectivity index (χ1n) is 7.37. The van der Waals surface area contributed by atoms with Crippen LogP contribution in [0.1, 0.15) is 32.6 Å². The number of nitrogens with zero attached hydrogens (tertiary/aromatic N) is 2. The van der Waals surface area contributed by atoms with Crippen molar-refractivity contribution in [2.45, 2.75) is 32.6 Å². The standard InChI is InChI=1S/C14H24N2O3/c1-2-19-14(18)12-6-5-9-16(10-12)13(17)11-15-7-3-4-8-15/h12H,2-11H2,1H3/t12-/m0/s1. The summed E-state index contributed by atoms with van der Waals surface area (Å²) in [5, 5.41) is 0. The molecule has 1 amide bonds. The Labute approximate surface area is 114 Å². The first kappa shape index (κ1) is 14.3. The Morgan fingerprint density at radius 3 is 2.58 bits per heavy atom. The summed E-state index contributed by atoms with van der Waals surface area (Å²) < 4.78 is 5.06. The number of carbonyl (C=O) groups excluding carboxylic acids is 2. The maximum absolute atomic E-state index is 12.2. The summed E-state index contributed by atoms with van der Waals surface area (Å²) in [6.07, 6.45) is 4.12. The topological polar surface area (TPSA) is 49.9 Å². The second-order valence-electron chi connectivity index (χ2n) is 5.41. The highest BCUT2D eigenvalue weighted by molar-refractivity contribution is 5.80. The number of likely N-dealkylation sites (tertiary alicyclic amines) is 2. The molecule has 19 heavy (non-hydrogen) atoms. The van der Waals surface area contributed by atoms with Crippen LogP contribution in [0, 0.1) is 5.92 Å². The highest BCUT2D eigenvalue weighted by Crippen LogP contribution is 2.18. The molecule has 2 aliphatic heterocycles. The molecule has 0 spiro atoms. The second-order valence-corrected chi connectivity index (χ2v) is 5.41. The fraction of sp³-hybridized carbons (Fsp3) is 0.857. The molecule has 0 aliphatic carbocycles. The molecule has 5 heteroatoms. The van der Waals surface area contributed by atoms with Crippen LogP contribution in [0.5, 0.6) is 0 Å². The average molecular weight is 268 g/mol. The summed E-state index contributed by atoms with van der Waals surface area (Å²) in [6, 6.07) is 0. The van der Waals surface area contributed by atoms with E-state index in [1.165, 1.54) is 12.8 Å². The molecule has 0 saturated carbocycles. The van der Waals surface area contributed by atoms with Crippen LogP contribution in [0.25, 0.3) is 0 Å². The van der Waals surface area contributed by atoms with Crippen molar-refractivity contribution in [2.75, 3.05) is 39.3 Å². The Morgan fingerprint density at radius 1 is 1.16 bits per heavy atom. The van der Waals surface area contributed by atoms with Gasteiger partial charge in [0.05, 0.1) is 19.1 Å². The largest absolute Gasteiger partial charge is 0.466 e. The van der Waals surface area contributed by atoms with Crippen molar-refractivity contribution in [1.29, 1.82) is 0 Å². The summed E-state index contributed by atoms with van der Waals surface area (Å²) >= 11 is 0. The van der Waals surface area contributed by atoms with Gasteiger partial charge in [-0.3, -0.25) is 14.5 Å². The molecule has 1 atom stereocenters. The van der Waals surface area contributed by atoms with Crippen molar-refractivity contribution in [2.24, 2.45) is 5.92 Å². The fourth-order valence-electron chi connectivity index (χ4n) is 2.89. The molecule has 2 rings (SSSR count). The van der Waals surface area contributed by atoms with Crippen molar-refractivity contribution in [3.8, 4) is 0 Å². The van der Waals surface area contributed by atoms with Crippen molar-refractivity contribution < 1.29 is 14.3 Å². The minimum atomic E-state index is -0.152. The van der Waals surface area contributed by atoms with Crippen molar-refractivity contribution in [3.05, 3.63) is 0 Å². The zero-order valence-electron chi connectivity index (χ0n) is 11.8. The van der Waals surface area contributed by atoms with Gasteiger partial charge in [-0.2, -0.15) is 0 Å². The lowest BCUT2D eigenvalue weighted by Gasteiger charge is -2.32. The number of esters is 1. The van der Waals surface area contributed by atoms with E-state index in [1.54, 1.807) is 0 Å². The number of carbonyl (C=O) groups is 2. The summed E-state index contributed by atoms with van der Waals surface area (Å²) in [5.41, 5.74) is 0. The van der Waals surface area contributed by atoms with Crippen LogP contribution in [0.3, 0.4) is 0 Å². The Balaban J connectivity index is 1.82. The number of ether oxygens (including phenoxy) is 1. The predicted octanol–water partition coefficient (Wildman–Crippen LogP) is 0.884. The zero-order valence-corrected chi connectivity index (χ0v) is 11.8. The van der Waals surface area contributed by atoms with Gasteiger partial charge in [0.2, 0.25) is 5.91 Å². The van der Waals surface area contributed by atoms with Gasteiger partial charge in [0.15, 0.2) is 0 Å². The highest BCUT2D eigenvalue weighted by Gasteiger charge is 2.30. The van der Waals surface area contributed by atoms with Crippen LogP contribution < -0.4 is 0 Å². The van der Waals surface area contributed by atoms with Crippen molar-refractivity contribution in [3.63, 3.8) is 0 Å². The normalized spacial score (nSPS) is 24.5. The first-order chi connectivity index (χ1) is 9.20. The Hall–Kier alpha value is -1.10. The molecule has 0 N–H and O–H groups in total. The number of hydrogen-bond donors (Lipinski definition) is 0. The molecule has 2 saturated heterocycles. The molecular formula is C14H24N2O3. The van der Waals surface area contributed by atoms with E-state index in [2.05, 4.69) is 4.90 Å². The molecule has 0 aromatic heterocycles. The van der Waals surface area contributed by atoms with E-state index < -0.39 is 0 Å². The van der Waals surface area contributed by atoms with Crippen LogP contribution in [0.4, 0.5) is 0 Å². The summed E-state index contributed by atoms with van der Waals surface area (Å²) in [4.78, 5) is 28.0. The second kappa shape index (κ2) is 6.89. The predicted molar refractivity (Wildman–Crippen MR) is 71.6 cm³/mol. The number of rotatable bonds is 4. The van der Waals surface area contributed by atoms with Crippen molar-refractivity contribution in [1.82, 2.24) is 9.80 Å². The minimum absolute atomic E-state index is 0.128. The molecule has 2 fully saturated rings. The zero-order chi connectivity index (χ0) is 13.7. The summed E-state index contributed by atoms with van der Waals surface area (Å²) in [6.45, 7) is 6.11. The molecule has 108 valence electrons. The van der Waals surface area contributed by atoms with E-state index in [0.717, 1.165) is 32.5 Å². The van der Waals surface area contributed by atoms with E-state index in [9.17, 15) is 9.59 Å². The lowest BCUT2D eigenvalue weighted by Crippen LogP contribution is -2.46. The quantitative estimate of drug-likeness (QED) is 0.710. The average Bonchev–Trinajstić information content (AvgIpc) is 2.92. The van der Waals surface area contributed by atoms with Crippen LogP contribution in [-0.2, 0) is 14.3 Å². The van der Waals surface area contributed by atoms with E-state index in [4.69, 9.17) is 4.74 Å². The maximum Gasteiger partial charge on any atom is 0.310 e. The summed E-state index contributed by atoms with van der Waals surface area (Å²) in [5.74, 6) is -0.117. The Morgan fingerprint density at radius 2 is 1.89 bits per heavy atom. The van der Waals surface area contributed by atoms with Gasteiger partial charge >= 0.3 is 5.97 Å². The van der Waals surface area contributed by atoms with Gasteiger partial charge in [-0.1, -0.05) is 0 Å². The highest BCUT2D eigenvalue weighted by atomic mass is 16.5. The monoisotopic (exact) mass is 268 g/mol. The van der Waals surface area contributed by atoms with Gasteiger partial charge in [0, 0.05) is 13.1 Å². The van der Waals surface area contributed by atoms with Gasteiger partial charge < -0.3 is 9.64 Å². The minimum Gasteiger partial charge on any atom is -0.466 e. The van der Waals surface area contributed by atoms with Crippen LogP contribution >= 0.6 is 0 Å². The lowest BCUT2D eigenvalue weighted by molar-refractivity contribution is -0.151. The van der Waals surface area contributed by atoms with Gasteiger partial charge in [-0.25, -0.2) is 0 Å². The number of amides is 1. The number of piperidine rings is 1. The molecule has 2 heterocycles. The Kier molecular flexibility index (Phi) is 5.19. The molecular weight excluding hydrogens is 244 g/mol. The van der Waals surface area contributed by atoms with E-state index in [-0.39, 0.29) is 17.8 Å². The fourth-order valence-corrected chi connectivity index (χ4v) is 2.89. The van der Waals surface area contributed by atoms with Crippen LogP contribution in [0.2, 0.25) is 0 Å². The molecule has 5 nitrogen and oxygen atoms in total. The molecule has 0 radical (unpaired) electrons. The van der Waals surface area contributed by atoms with Gasteiger partial charge in [0.1, 0.15) is 0 Å². The van der Waals surface area contributed by atoms with E-state index >= 15 is 0 Å². The smallest absolute Gasteiger partial charge is 0.310 e. The van der Waals surface area contributed by atoms with E-state index in [0.29, 0.717) is 19.7 Å². The molecule has 0 unspecified atom stereocenters. The van der Waals surface area contributed by atoms with Gasteiger partial charge in [0.25, 0.3) is 0 Å². The third kappa shape index (κ3) is 3.93. The molecule has 0 bridgehead atoms. The molecule has 0 aromatic carbocycles. The molecule has 2 aliphatic rings. The lowest BCUT2D eigenvalue weighted by atomic mass is 9.98. The van der Waals surface area contributed by atoms with Crippen LogP contribution in [0.15, 0.2) is 0 Å². The summed E-state index contributed by atoms with van der Waals surface area (Å²) in [7, 11) is 0. The van der Waals surface area contributed by atoms with Gasteiger partial charge in [-0.05, 0) is 45.7 Å². The van der Waals surface area contributed by atoms with Crippen LogP contribution in [-0.4, -0.2) is 61.0 Å². The first-order valence-corrected chi connectivity index (χ1v) is 7.37. The molecule has 0 aromatic rings. The van der Waals surface area contributed by atoms with Crippen molar-refractivity contribution >= 4 is 11.9 Å². The van der Waals surface area contributed by atoms with Gasteiger partial charge in [-0.15, -0.1) is 0 Å². The third-order valence-electron chi connectivity index (χ3n) is 3.95. The maximum atomic E-state index is 12.2. The SMILES string of the molecule is CCOC(=O)[C@H]1CCCN(C(=O)CN2CCCC2)C1.